The quantitative estimate of drug-likeness (QED) is 0.871. The van der Waals surface area contributed by atoms with Crippen LogP contribution >= 0.6 is 0 Å². The van der Waals surface area contributed by atoms with Crippen LogP contribution in [0.4, 0.5) is 13.2 Å². The van der Waals surface area contributed by atoms with Gasteiger partial charge < -0.3 is 10.1 Å². The Balaban J connectivity index is 2.23. The Morgan fingerprint density at radius 3 is 2.48 bits per heavy atom. The maximum absolute atomic E-state index is 12.5. The normalized spacial score (nSPS) is 22.0. The SMILES string of the molecule is CCOC(=O)C1NC(=O)CC1c1ccc(C(F)(F)F)cc1. The average Bonchev–Trinajstić information content (AvgIpc) is 2.80. The summed E-state index contributed by atoms with van der Waals surface area (Å²) in [6, 6.07) is 3.62. The number of carbonyl (C=O) groups is 2. The number of hydrogen-bond acceptors (Lipinski definition) is 3. The molecule has 1 N–H and O–H groups in total. The van der Waals surface area contributed by atoms with Crippen molar-refractivity contribution in [1.82, 2.24) is 5.32 Å². The molecule has 1 aliphatic heterocycles. The zero-order valence-electron chi connectivity index (χ0n) is 11.2. The first kappa shape index (κ1) is 15.3. The van der Waals surface area contributed by atoms with Crippen LogP contribution in [-0.2, 0) is 20.5 Å². The van der Waals surface area contributed by atoms with Gasteiger partial charge in [0, 0.05) is 12.3 Å². The Kier molecular flexibility index (Phi) is 4.20. The molecule has 2 rings (SSSR count). The van der Waals surface area contributed by atoms with Crippen LogP contribution < -0.4 is 5.32 Å². The molecule has 4 nitrogen and oxygen atoms in total. The number of rotatable bonds is 3. The summed E-state index contributed by atoms with van der Waals surface area (Å²) in [7, 11) is 0. The molecule has 21 heavy (non-hydrogen) atoms. The lowest BCUT2D eigenvalue weighted by molar-refractivity contribution is -0.146. The van der Waals surface area contributed by atoms with Crippen molar-refractivity contribution in [1.29, 1.82) is 0 Å². The van der Waals surface area contributed by atoms with Crippen molar-refractivity contribution in [2.45, 2.75) is 31.5 Å². The highest BCUT2D eigenvalue weighted by Crippen LogP contribution is 2.33. The van der Waals surface area contributed by atoms with Gasteiger partial charge in [-0.25, -0.2) is 4.79 Å². The van der Waals surface area contributed by atoms with E-state index in [1.165, 1.54) is 12.1 Å². The summed E-state index contributed by atoms with van der Waals surface area (Å²) in [5, 5.41) is 2.50. The molecule has 1 aromatic carbocycles. The third-order valence-corrected chi connectivity index (χ3v) is 3.33. The first-order chi connectivity index (χ1) is 9.82. The van der Waals surface area contributed by atoms with E-state index in [0.717, 1.165) is 12.1 Å². The first-order valence-electron chi connectivity index (χ1n) is 6.46. The standard InChI is InChI=1S/C14H14F3NO3/c1-2-21-13(20)12-10(7-11(19)18-12)8-3-5-9(6-4-8)14(15,16)17/h3-6,10,12H,2,7H2,1H3,(H,18,19). The van der Waals surface area contributed by atoms with Gasteiger partial charge in [0.15, 0.2) is 0 Å². The molecular formula is C14H14F3NO3. The van der Waals surface area contributed by atoms with E-state index < -0.39 is 29.7 Å². The van der Waals surface area contributed by atoms with Crippen LogP contribution in [0.3, 0.4) is 0 Å². The van der Waals surface area contributed by atoms with Crippen LogP contribution in [0.2, 0.25) is 0 Å². The highest BCUT2D eigenvalue weighted by molar-refractivity contribution is 5.90. The smallest absolute Gasteiger partial charge is 0.416 e. The lowest BCUT2D eigenvalue weighted by atomic mass is 9.91. The molecule has 7 heteroatoms. The molecule has 1 aliphatic rings. The summed E-state index contributed by atoms with van der Waals surface area (Å²) >= 11 is 0. The molecule has 1 amide bonds. The zero-order valence-corrected chi connectivity index (χ0v) is 11.2. The van der Waals surface area contributed by atoms with E-state index in [1.54, 1.807) is 6.92 Å². The second-order valence-corrected chi connectivity index (χ2v) is 4.73. The number of halogens is 3. The summed E-state index contributed by atoms with van der Waals surface area (Å²) in [4.78, 5) is 23.3. The molecule has 0 aliphatic carbocycles. The van der Waals surface area contributed by atoms with Crippen molar-refractivity contribution in [2.24, 2.45) is 0 Å². The lowest BCUT2D eigenvalue weighted by Crippen LogP contribution is -2.37. The molecule has 1 aromatic rings. The van der Waals surface area contributed by atoms with E-state index in [4.69, 9.17) is 4.74 Å². The predicted molar refractivity (Wildman–Crippen MR) is 67.4 cm³/mol. The van der Waals surface area contributed by atoms with Gasteiger partial charge in [-0.2, -0.15) is 13.2 Å². The highest BCUT2D eigenvalue weighted by Gasteiger charge is 2.39. The summed E-state index contributed by atoms with van der Waals surface area (Å²) in [6.45, 7) is 1.81. The van der Waals surface area contributed by atoms with E-state index >= 15 is 0 Å². The second-order valence-electron chi connectivity index (χ2n) is 4.73. The van der Waals surface area contributed by atoms with Crippen molar-refractivity contribution < 1.29 is 27.5 Å². The Hall–Kier alpha value is -2.05. The number of ether oxygens (including phenoxy) is 1. The van der Waals surface area contributed by atoms with Crippen LogP contribution in [0.25, 0.3) is 0 Å². The van der Waals surface area contributed by atoms with Gasteiger partial charge >= 0.3 is 12.1 Å². The monoisotopic (exact) mass is 301 g/mol. The fourth-order valence-corrected chi connectivity index (χ4v) is 2.34. The maximum atomic E-state index is 12.5. The molecule has 2 unspecified atom stereocenters. The summed E-state index contributed by atoms with van der Waals surface area (Å²) in [5.41, 5.74) is -0.268. The molecule has 0 bridgehead atoms. The van der Waals surface area contributed by atoms with Crippen LogP contribution in [-0.4, -0.2) is 24.5 Å². The van der Waals surface area contributed by atoms with E-state index in [9.17, 15) is 22.8 Å². The zero-order chi connectivity index (χ0) is 15.6. The fourth-order valence-electron chi connectivity index (χ4n) is 2.34. The third kappa shape index (κ3) is 3.34. The highest BCUT2D eigenvalue weighted by atomic mass is 19.4. The number of hydrogen-bond donors (Lipinski definition) is 1. The minimum absolute atomic E-state index is 0.0504. The van der Waals surface area contributed by atoms with Gasteiger partial charge in [-0.3, -0.25) is 4.79 Å². The van der Waals surface area contributed by atoms with Crippen LogP contribution in [0.1, 0.15) is 30.4 Å². The number of nitrogens with one attached hydrogen (secondary N) is 1. The molecule has 0 radical (unpaired) electrons. The summed E-state index contributed by atoms with van der Waals surface area (Å²) < 4.78 is 42.4. The maximum Gasteiger partial charge on any atom is 0.416 e. The Morgan fingerprint density at radius 2 is 1.95 bits per heavy atom. The van der Waals surface area contributed by atoms with Crippen molar-refractivity contribution >= 4 is 11.9 Å². The topological polar surface area (TPSA) is 55.4 Å². The van der Waals surface area contributed by atoms with Gasteiger partial charge in [0.2, 0.25) is 5.91 Å². The van der Waals surface area contributed by atoms with Crippen molar-refractivity contribution in [2.75, 3.05) is 6.61 Å². The van der Waals surface area contributed by atoms with Gasteiger partial charge in [-0.1, -0.05) is 12.1 Å². The summed E-state index contributed by atoms with van der Waals surface area (Å²) in [6.07, 6.45) is -4.36. The minimum atomic E-state index is -4.41. The number of esters is 1. The number of benzene rings is 1. The largest absolute Gasteiger partial charge is 0.464 e. The molecule has 0 spiro atoms. The molecular weight excluding hydrogens is 287 g/mol. The third-order valence-electron chi connectivity index (χ3n) is 3.33. The molecule has 2 atom stereocenters. The minimum Gasteiger partial charge on any atom is -0.464 e. The first-order valence-corrected chi connectivity index (χ1v) is 6.46. The van der Waals surface area contributed by atoms with Gasteiger partial charge in [-0.15, -0.1) is 0 Å². The molecule has 1 fully saturated rings. The average molecular weight is 301 g/mol. The van der Waals surface area contributed by atoms with Gasteiger partial charge in [-0.05, 0) is 24.6 Å². The van der Waals surface area contributed by atoms with Crippen molar-refractivity contribution in [3.05, 3.63) is 35.4 Å². The molecule has 1 saturated heterocycles. The number of carbonyl (C=O) groups excluding carboxylic acids is 2. The van der Waals surface area contributed by atoms with E-state index in [0.29, 0.717) is 5.56 Å². The van der Waals surface area contributed by atoms with Crippen LogP contribution in [0.15, 0.2) is 24.3 Å². The predicted octanol–water partition coefficient (Wildman–Crippen LogP) is 2.24. The van der Waals surface area contributed by atoms with Crippen molar-refractivity contribution in [3.63, 3.8) is 0 Å². The lowest BCUT2D eigenvalue weighted by Gasteiger charge is -2.18. The van der Waals surface area contributed by atoms with Gasteiger partial charge in [0.05, 0.1) is 12.2 Å². The van der Waals surface area contributed by atoms with Crippen LogP contribution in [0.5, 0.6) is 0 Å². The molecule has 0 aromatic heterocycles. The summed E-state index contributed by atoms with van der Waals surface area (Å²) in [5.74, 6) is -1.41. The van der Waals surface area contributed by atoms with E-state index in [2.05, 4.69) is 5.32 Å². The molecule has 0 saturated carbocycles. The molecule has 1 heterocycles. The van der Waals surface area contributed by atoms with Crippen molar-refractivity contribution in [3.8, 4) is 0 Å². The Bertz CT molecular complexity index is 539. The number of alkyl halides is 3. The van der Waals surface area contributed by atoms with E-state index in [1.807, 2.05) is 0 Å². The Labute approximate surface area is 119 Å². The second kappa shape index (κ2) is 5.75. The van der Waals surface area contributed by atoms with Gasteiger partial charge in [0.25, 0.3) is 0 Å². The van der Waals surface area contributed by atoms with Crippen LogP contribution in [0, 0.1) is 0 Å². The number of amides is 1. The van der Waals surface area contributed by atoms with Gasteiger partial charge in [0.1, 0.15) is 6.04 Å². The molecule has 114 valence electrons. The Morgan fingerprint density at radius 1 is 1.33 bits per heavy atom. The van der Waals surface area contributed by atoms with E-state index in [-0.39, 0.29) is 18.9 Å². The fraction of sp³-hybridized carbons (Fsp3) is 0.429.